The molecule has 0 aliphatic carbocycles. The first-order valence-corrected chi connectivity index (χ1v) is 8.66. The Labute approximate surface area is 151 Å². The molecule has 0 spiro atoms. The largest absolute Gasteiger partial charge is 0.324 e. The second kappa shape index (κ2) is 7.16. The second-order valence-corrected chi connectivity index (χ2v) is 6.65. The summed E-state index contributed by atoms with van der Waals surface area (Å²) in [6.07, 6.45) is 2.74. The minimum Gasteiger partial charge on any atom is -0.324 e. The molecule has 2 amide bonds. The number of hydrogen-bond donors (Lipinski definition) is 0. The summed E-state index contributed by atoms with van der Waals surface area (Å²) in [7, 11) is 0. The Hall–Kier alpha value is -2.52. The molecule has 3 rings (SSSR count). The lowest BCUT2D eigenvalue weighted by Crippen LogP contribution is -2.42. The summed E-state index contributed by atoms with van der Waals surface area (Å²) in [6, 6.07) is 3.87. The minimum atomic E-state index is -0.642. The van der Waals surface area contributed by atoms with Gasteiger partial charge in [0.25, 0.3) is 11.6 Å². The average Bonchev–Trinajstić information content (AvgIpc) is 3.24. The summed E-state index contributed by atoms with van der Waals surface area (Å²) < 4.78 is 0. The van der Waals surface area contributed by atoms with Crippen LogP contribution in [0.1, 0.15) is 23.2 Å². The molecule has 1 aliphatic heterocycles. The molecular formula is C15H13ClN4O4S. The molecule has 0 N–H and O–H groups in total. The van der Waals surface area contributed by atoms with Gasteiger partial charge in [0.1, 0.15) is 11.7 Å². The Morgan fingerprint density at radius 1 is 1.48 bits per heavy atom. The lowest BCUT2D eigenvalue weighted by molar-refractivity contribution is -0.384. The van der Waals surface area contributed by atoms with Crippen LogP contribution in [0.5, 0.6) is 0 Å². The van der Waals surface area contributed by atoms with Gasteiger partial charge >= 0.3 is 0 Å². The SMILES string of the molecule is O=C1CCCN1CN(C(=O)c1ccc(Cl)c([N+](=O)[O-])c1)c1nccs1. The van der Waals surface area contributed by atoms with Crippen molar-refractivity contribution in [2.24, 2.45) is 0 Å². The number of anilines is 1. The van der Waals surface area contributed by atoms with Crippen molar-refractivity contribution >= 4 is 45.6 Å². The fraction of sp³-hybridized carbons (Fsp3) is 0.267. The summed E-state index contributed by atoms with van der Waals surface area (Å²) in [5.74, 6) is -0.508. The maximum Gasteiger partial charge on any atom is 0.288 e. The first kappa shape index (κ1) is 17.3. The Balaban J connectivity index is 1.93. The van der Waals surface area contributed by atoms with E-state index in [0.29, 0.717) is 18.1 Å². The lowest BCUT2D eigenvalue weighted by Gasteiger charge is -2.26. The highest BCUT2D eigenvalue weighted by atomic mass is 35.5. The predicted octanol–water partition coefficient (Wildman–Crippen LogP) is 2.93. The van der Waals surface area contributed by atoms with Crippen LogP contribution in [0.25, 0.3) is 0 Å². The van der Waals surface area contributed by atoms with Crippen LogP contribution in [-0.4, -0.2) is 39.8 Å². The van der Waals surface area contributed by atoms with Gasteiger partial charge in [0.05, 0.1) is 4.92 Å². The van der Waals surface area contributed by atoms with Gasteiger partial charge in [-0.3, -0.25) is 24.6 Å². The maximum atomic E-state index is 12.9. The van der Waals surface area contributed by atoms with E-state index in [4.69, 9.17) is 11.6 Å². The first-order chi connectivity index (χ1) is 12.0. The number of halogens is 1. The quantitative estimate of drug-likeness (QED) is 0.586. The van der Waals surface area contributed by atoms with Crippen molar-refractivity contribution < 1.29 is 14.5 Å². The normalized spacial score (nSPS) is 14.0. The number of carbonyl (C=O) groups is 2. The lowest BCUT2D eigenvalue weighted by atomic mass is 10.2. The Kier molecular flexibility index (Phi) is 4.95. The van der Waals surface area contributed by atoms with Gasteiger partial charge in [-0.25, -0.2) is 4.98 Å². The van der Waals surface area contributed by atoms with Crippen LogP contribution in [0.3, 0.4) is 0 Å². The van der Waals surface area contributed by atoms with E-state index in [9.17, 15) is 19.7 Å². The molecule has 0 radical (unpaired) electrons. The fourth-order valence-corrected chi connectivity index (χ4v) is 3.35. The molecule has 0 saturated carbocycles. The first-order valence-electron chi connectivity index (χ1n) is 7.40. The van der Waals surface area contributed by atoms with E-state index in [2.05, 4.69) is 4.98 Å². The molecule has 1 fully saturated rings. The van der Waals surface area contributed by atoms with E-state index in [1.165, 1.54) is 28.4 Å². The van der Waals surface area contributed by atoms with Gasteiger partial charge in [0, 0.05) is 36.2 Å². The van der Waals surface area contributed by atoms with Crippen molar-refractivity contribution in [2.45, 2.75) is 12.8 Å². The van der Waals surface area contributed by atoms with E-state index in [-0.39, 0.29) is 28.8 Å². The van der Waals surface area contributed by atoms with Crippen molar-refractivity contribution in [3.8, 4) is 0 Å². The number of nitro groups is 1. The Morgan fingerprint density at radius 2 is 2.28 bits per heavy atom. The number of thiazole rings is 1. The number of carbonyl (C=O) groups excluding carboxylic acids is 2. The predicted molar refractivity (Wildman–Crippen MR) is 92.8 cm³/mol. The topological polar surface area (TPSA) is 96.7 Å². The molecular weight excluding hydrogens is 368 g/mol. The van der Waals surface area contributed by atoms with Gasteiger partial charge in [-0.15, -0.1) is 11.3 Å². The number of nitro benzene ring substituents is 1. The highest BCUT2D eigenvalue weighted by molar-refractivity contribution is 7.13. The number of hydrogen-bond acceptors (Lipinski definition) is 6. The standard InChI is InChI=1S/C15H13ClN4O4S/c16-11-4-3-10(8-12(11)20(23)24)14(22)19(15-17-5-7-25-15)9-18-6-1-2-13(18)21/h3-5,7-8H,1-2,6,9H2. The van der Waals surface area contributed by atoms with Crippen LogP contribution in [0, 0.1) is 10.1 Å². The van der Waals surface area contributed by atoms with Crippen LogP contribution in [0.15, 0.2) is 29.8 Å². The monoisotopic (exact) mass is 380 g/mol. The summed E-state index contributed by atoms with van der Waals surface area (Å²) in [4.78, 5) is 42.3. The van der Waals surface area contributed by atoms with Gasteiger partial charge in [-0.2, -0.15) is 0 Å². The van der Waals surface area contributed by atoms with Crippen LogP contribution >= 0.6 is 22.9 Å². The number of amides is 2. The van der Waals surface area contributed by atoms with Crippen molar-refractivity contribution in [3.05, 3.63) is 50.5 Å². The number of benzene rings is 1. The van der Waals surface area contributed by atoms with Crippen LogP contribution in [0.4, 0.5) is 10.8 Å². The summed E-state index contributed by atoms with van der Waals surface area (Å²) in [5, 5.41) is 13.1. The van der Waals surface area contributed by atoms with E-state index < -0.39 is 10.8 Å². The molecule has 0 unspecified atom stereocenters. The van der Waals surface area contributed by atoms with Crippen molar-refractivity contribution in [2.75, 3.05) is 18.1 Å². The highest BCUT2D eigenvalue weighted by Gasteiger charge is 2.28. The fourth-order valence-electron chi connectivity index (χ4n) is 2.53. The molecule has 1 saturated heterocycles. The third kappa shape index (κ3) is 3.62. The minimum absolute atomic E-state index is 0.0311. The van der Waals surface area contributed by atoms with E-state index in [1.807, 2.05) is 0 Å². The van der Waals surface area contributed by atoms with Gasteiger partial charge < -0.3 is 4.90 Å². The molecule has 2 heterocycles. The second-order valence-electron chi connectivity index (χ2n) is 5.37. The van der Waals surface area contributed by atoms with Gasteiger partial charge in [-0.1, -0.05) is 11.6 Å². The third-order valence-electron chi connectivity index (χ3n) is 3.77. The van der Waals surface area contributed by atoms with Crippen LogP contribution in [0.2, 0.25) is 5.02 Å². The highest BCUT2D eigenvalue weighted by Crippen LogP contribution is 2.28. The van der Waals surface area contributed by atoms with Crippen molar-refractivity contribution in [1.29, 1.82) is 0 Å². The Bertz CT molecular complexity index is 827. The van der Waals surface area contributed by atoms with Crippen LogP contribution < -0.4 is 4.90 Å². The molecule has 10 heteroatoms. The van der Waals surface area contributed by atoms with Crippen LogP contribution in [-0.2, 0) is 4.79 Å². The van der Waals surface area contributed by atoms with E-state index in [1.54, 1.807) is 16.5 Å². The third-order valence-corrected chi connectivity index (χ3v) is 4.88. The molecule has 1 aromatic heterocycles. The van der Waals surface area contributed by atoms with E-state index >= 15 is 0 Å². The van der Waals surface area contributed by atoms with Crippen molar-refractivity contribution in [3.63, 3.8) is 0 Å². The molecule has 2 aromatic rings. The zero-order valence-corrected chi connectivity index (χ0v) is 14.5. The number of aromatic nitrogens is 1. The van der Waals surface area contributed by atoms with Gasteiger partial charge in [-0.05, 0) is 18.6 Å². The molecule has 8 nitrogen and oxygen atoms in total. The number of nitrogens with zero attached hydrogens (tertiary/aromatic N) is 4. The molecule has 1 aromatic carbocycles. The number of likely N-dealkylation sites (tertiary alicyclic amines) is 1. The smallest absolute Gasteiger partial charge is 0.288 e. The summed E-state index contributed by atoms with van der Waals surface area (Å²) in [6.45, 7) is 0.621. The average molecular weight is 381 g/mol. The van der Waals surface area contributed by atoms with E-state index in [0.717, 1.165) is 12.5 Å². The molecule has 0 atom stereocenters. The Morgan fingerprint density at radius 3 is 2.88 bits per heavy atom. The molecule has 1 aliphatic rings. The van der Waals surface area contributed by atoms with Gasteiger partial charge in [0.15, 0.2) is 5.13 Å². The maximum absolute atomic E-state index is 12.9. The summed E-state index contributed by atoms with van der Waals surface area (Å²) >= 11 is 7.05. The zero-order valence-electron chi connectivity index (χ0n) is 12.9. The number of rotatable bonds is 5. The molecule has 25 heavy (non-hydrogen) atoms. The van der Waals surface area contributed by atoms with Crippen molar-refractivity contribution in [1.82, 2.24) is 9.88 Å². The zero-order chi connectivity index (χ0) is 18.0. The van der Waals surface area contributed by atoms with Gasteiger partial charge in [0.2, 0.25) is 5.91 Å². The summed E-state index contributed by atoms with van der Waals surface area (Å²) in [5.41, 5.74) is -0.234. The molecule has 0 bridgehead atoms. The molecule has 130 valence electrons.